The third-order valence-corrected chi connectivity index (χ3v) is 2.51. The lowest BCUT2D eigenvalue weighted by Gasteiger charge is -2.16. The van der Waals surface area contributed by atoms with E-state index in [1.807, 2.05) is 0 Å². The molecule has 0 aromatic carbocycles. The van der Waals surface area contributed by atoms with Gasteiger partial charge < -0.3 is 5.11 Å². The summed E-state index contributed by atoms with van der Waals surface area (Å²) in [5.74, 6) is 0.0682. The maximum atomic E-state index is 11.0. The molecule has 0 aliphatic carbocycles. The summed E-state index contributed by atoms with van der Waals surface area (Å²) < 4.78 is 0. The van der Waals surface area contributed by atoms with Gasteiger partial charge in [-0.3, -0.25) is 14.5 Å². The summed E-state index contributed by atoms with van der Waals surface area (Å²) in [6.07, 6.45) is 0. The monoisotopic (exact) mass is 189 g/mol. The highest BCUT2D eigenvalue weighted by molar-refractivity contribution is 8.14. The number of rotatable bonds is 3. The minimum Gasteiger partial charge on any atom is -0.396 e. The van der Waals surface area contributed by atoms with E-state index in [-0.39, 0.29) is 29.4 Å². The molecule has 12 heavy (non-hydrogen) atoms. The van der Waals surface area contributed by atoms with Gasteiger partial charge in [-0.1, -0.05) is 18.7 Å². The van der Waals surface area contributed by atoms with Crippen LogP contribution in [0.4, 0.5) is 4.79 Å². The van der Waals surface area contributed by atoms with Gasteiger partial charge in [0.2, 0.25) is 5.91 Å². The van der Waals surface area contributed by atoms with Gasteiger partial charge in [0.25, 0.3) is 5.24 Å². The molecule has 1 fully saturated rings. The molecule has 5 heteroatoms. The van der Waals surface area contributed by atoms with Crippen LogP contribution in [0, 0.1) is 5.92 Å². The van der Waals surface area contributed by atoms with Crippen molar-refractivity contribution in [1.29, 1.82) is 0 Å². The van der Waals surface area contributed by atoms with Crippen molar-refractivity contribution < 1.29 is 14.7 Å². The maximum absolute atomic E-state index is 11.0. The number of thioether (sulfide) groups is 1. The van der Waals surface area contributed by atoms with Gasteiger partial charge in [-0.05, 0) is 5.92 Å². The minimum atomic E-state index is -0.194. The standard InChI is InChI=1S/C7H11NO3S/c1-5(3-9)2-8-6(10)4-12-7(8)11/h5,9H,2-4H2,1H3. The molecule has 1 atom stereocenters. The Kier molecular flexibility index (Phi) is 3.11. The summed E-state index contributed by atoms with van der Waals surface area (Å²) >= 11 is 1.02. The van der Waals surface area contributed by atoms with Crippen molar-refractivity contribution in [2.24, 2.45) is 5.92 Å². The van der Waals surface area contributed by atoms with E-state index in [0.717, 1.165) is 11.8 Å². The Morgan fingerprint density at radius 1 is 1.67 bits per heavy atom. The number of amides is 2. The van der Waals surface area contributed by atoms with Crippen molar-refractivity contribution in [2.75, 3.05) is 18.9 Å². The van der Waals surface area contributed by atoms with Crippen LogP contribution < -0.4 is 0 Å². The summed E-state index contributed by atoms with van der Waals surface area (Å²) in [4.78, 5) is 23.3. The molecule has 0 bridgehead atoms. The van der Waals surface area contributed by atoms with Crippen LogP contribution in [0.25, 0.3) is 0 Å². The highest BCUT2D eigenvalue weighted by Crippen LogP contribution is 2.19. The SMILES string of the molecule is CC(CO)CN1C(=O)CSC1=O. The van der Waals surface area contributed by atoms with Crippen molar-refractivity contribution in [1.82, 2.24) is 4.90 Å². The Bertz CT molecular complexity index is 191. The summed E-state index contributed by atoms with van der Waals surface area (Å²) in [7, 11) is 0. The molecule has 1 rings (SSSR count). The topological polar surface area (TPSA) is 57.6 Å². The number of aliphatic hydroxyl groups excluding tert-OH is 1. The Hall–Kier alpha value is -0.550. The molecule has 1 N–H and O–H groups in total. The summed E-state index contributed by atoms with van der Waals surface area (Å²) in [6, 6.07) is 0. The Labute approximate surface area is 74.9 Å². The summed E-state index contributed by atoms with van der Waals surface area (Å²) in [6.45, 7) is 2.13. The second-order valence-electron chi connectivity index (χ2n) is 2.85. The van der Waals surface area contributed by atoms with E-state index in [1.165, 1.54) is 4.90 Å². The smallest absolute Gasteiger partial charge is 0.288 e. The molecule has 0 spiro atoms. The second-order valence-corrected chi connectivity index (χ2v) is 3.77. The highest BCUT2D eigenvalue weighted by atomic mass is 32.2. The number of hydrogen-bond acceptors (Lipinski definition) is 4. The lowest BCUT2D eigenvalue weighted by atomic mass is 10.2. The van der Waals surface area contributed by atoms with E-state index in [1.54, 1.807) is 6.92 Å². The summed E-state index contributed by atoms with van der Waals surface area (Å²) in [5.41, 5.74) is 0. The van der Waals surface area contributed by atoms with Crippen molar-refractivity contribution in [3.8, 4) is 0 Å². The largest absolute Gasteiger partial charge is 0.396 e. The van der Waals surface area contributed by atoms with E-state index < -0.39 is 0 Å². The van der Waals surface area contributed by atoms with Crippen LogP contribution in [-0.4, -0.2) is 40.1 Å². The van der Waals surface area contributed by atoms with E-state index in [2.05, 4.69) is 0 Å². The maximum Gasteiger partial charge on any atom is 0.288 e. The first kappa shape index (κ1) is 9.54. The first-order valence-electron chi connectivity index (χ1n) is 3.73. The van der Waals surface area contributed by atoms with Gasteiger partial charge in [0, 0.05) is 13.2 Å². The molecule has 1 unspecified atom stereocenters. The Morgan fingerprint density at radius 3 is 2.75 bits per heavy atom. The molecular formula is C7H11NO3S. The fraction of sp³-hybridized carbons (Fsp3) is 0.714. The van der Waals surface area contributed by atoms with Gasteiger partial charge in [0.05, 0.1) is 5.75 Å². The number of carbonyl (C=O) groups is 2. The molecule has 68 valence electrons. The van der Waals surface area contributed by atoms with Gasteiger partial charge in [-0.25, -0.2) is 0 Å². The second kappa shape index (κ2) is 3.91. The lowest BCUT2D eigenvalue weighted by molar-refractivity contribution is -0.125. The minimum absolute atomic E-state index is 0.00171. The quantitative estimate of drug-likeness (QED) is 0.694. The van der Waals surface area contributed by atoms with Gasteiger partial charge in [-0.2, -0.15) is 0 Å². The normalized spacial score (nSPS) is 20.3. The third-order valence-electron chi connectivity index (χ3n) is 1.65. The fourth-order valence-corrected chi connectivity index (χ4v) is 1.66. The van der Waals surface area contributed by atoms with Crippen LogP contribution in [0.2, 0.25) is 0 Å². The molecule has 1 saturated heterocycles. The van der Waals surface area contributed by atoms with E-state index >= 15 is 0 Å². The molecule has 0 saturated carbocycles. The van der Waals surface area contributed by atoms with Crippen LogP contribution in [0.1, 0.15) is 6.92 Å². The third kappa shape index (κ3) is 1.98. The van der Waals surface area contributed by atoms with Crippen LogP contribution in [-0.2, 0) is 4.79 Å². The average Bonchev–Trinajstić information content (AvgIpc) is 2.35. The molecule has 0 radical (unpaired) electrons. The molecule has 2 amide bonds. The zero-order valence-corrected chi connectivity index (χ0v) is 7.63. The first-order valence-corrected chi connectivity index (χ1v) is 4.71. The highest BCUT2D eigenvalue weighted by Gasteiger charge is 2.30. The molecule has 1 aliphatic rings. The average molecular weight is 189 g/mol. The first-order chi connectivity index (χ1) is 5.65. The van der Waals surface area contributed by atoms with Crippen molar-refractivity contribution >= 4 is 22.9 Å². The molecule has 4 nitrogen and oxygen atoms in total. The van der Waals surface area contributed by atoms with Crippen LogP contribution in [0.15, 0.2) is 0 Å². The van der Waals surface area contributed by atoms with Gasteiger partial charge in [-0.15, -0.1) is 0 Å². The molecule has 0 aromatic rings. The molecular weight excluding hydrogens is 178 g/mol. The predicted molar refractivity (Wildman–Crippen MR) is 45.8 cm³/mol. The molecule has 0 aromatic heterocycles. The van der Waals surface area contributed by atoms with Crippen molar-refractivity contribution in [3.05, 3.63) is 0 Å². The number of hydrogen-bond donors (Lipinski definition) is 1. The fourth-order valence-electron chi connectivity index (χ4n) is 0.927. The molecule has 1 aliphatic heterocycles. The number of aliphatic hydroxyl groups is 1. The zero-order chi connectivity index (χ0) is 9.14. The Morgan fingerprint density at radius 2 is 2.33 bits per heavy atom. The van der Waals surface area contributed by atoms with Crippen molar-refractivity contribution in [3.63, 3.8) is 0 Å². The zero-order valence-electron chi connectivity index (χ0n) is 6.82. The van der Waals surface area contributed by atoms with Gasteiger partial charge in [0.15, 0.2) is 0 Å². The Balaban J connectivity index is 2.50. The van der Waals surface area contributed by atoms with Gasteiger partial charge >= 0.3 is 0 Å². The van der Waals surface area contributed by atoms with E-state index in [4.69, 9.17) is 5.11 Å². The van der Waals surface area contributed by atoms with Crippen LogP contribution in [0.3, 0.4) is 0 Å². The van der Waals surface area contributed by atoms with Crippen LogP contribution in [0.5, 0.6) is 0 Å². The van der Waals surface area contributed by atoms with E-state index in [0.29, 0.717) is 6.54 Å². The van der Waals surface area contributed by atoms with Crippen LogP contribution >= 0.6 is 11.8 Å². The van der Waals surface area contributed by atoms with E-state index in [9.17, 15) is 9.59 Å². The molecule has 1 heterocycles. The van der Waals surface area contributed by atoms with Crippen molar-refractivity contribution in [2.45, 2.75) is 6.92 Å². The number of nitrogens with zero attached hydrogens (tertiary/aromatic N) is 1. The predicted octanol–water partition coefficient (Wildman–Crippen LogP) is 0.310. The van der Waals surface area contributed by atoms with Gasteiger partial charge in [0.1, 0.15) is 0 Å². The summed E-state index contributed by atoms with van der Waals surface area (Å²) in [5, 5.41) is 8.52. The lowest BCUT2D eigenvalue weighted by Crippen LogP contribution is -2.33. The number of imide groups is 1. The number of carbonyl (C=O) groups excluding carboxylic acids is 2.